The summed E-state index contributed by atoms with van der Waals surface area (Å²) in [5.41, 5.74) is 0. The number of hydrogen-bond donors (Lipinski definition) is 1. The van der Waals surface area contributed by atoms with Gasteiger partial charge in [0, 0.05) is 39.9 Å². The van der Waals surface area contributed by atoms with E-state index in [4.69, 9.17) is 14.2 Å². The van der Waals surface area contributed by atoms with E-state index in [9.17, 15) is 0 Å². The van der Waals surface area contributed by atoms with Crippen LogP contribution in [0.15, 0.2) is 29.3 Å². The summed E-state index contributed by atoms with van der Waals surface area (Å²) in [4.78, 5) is 6.54. The van der Waals surface area contributed by atoms with Gasteiger partial charge in [-0.05, 0) is 37.3 Å². The van der Waals surface area contributed by atoms with Gasteiger partial charge in [-0.3, -0.25) is 4.99 Å². The molecule has 1 heterocycles. The molecule has 0 aliphatic carbocycles. The van der Waals surface area contributed by atoms with Crippen LogP contribution in [0.25, 0.3) is 0 Å². The first kappa shape index (κ1) is 19.4. The molecule has 1 aromatic carbocycles. The quantitative estimate of drug-likeness (QED) is 0.444. The fourth-order valence-corrected chi connectivity index (χ4v) is 2.92. The van der Waals surface area contributed by atoms with Gasteiger partial charge >= 0.3 is 0 Å². The first-order valence-corrected chi connectivity index (χ1v) is 8.99. The third-order valence-electron chi connectivity index (χ3n) is 4.48. The fraction of sp³-hybridized carbons (Fsp3) is 0.632. The van der Waals surface area contributed by atoms with Crippen molar-refractivity contribution in [2.45, 2.75) is 19.3 Å². The zero-order valence-corrected chi connectivity index (χ0v) is 15.7. The minimum absolute atomic E-state index is 0.569. The normalized spacial score (nSPS) is 15.7. The van der Waals surface area contributed by atoms with Gasteiger partial charge in [0.2, 0.25) is 0 Å². The maximum absolute atomic E-state index is 5.75. The summed E-state index contributed by atoms with van der Waals surface area (Å²) in [6.07, 6.45) is 3.53. The van der Waals surface area contributed by atoms with Crippen LogP contribution in [-0.4, -0.2) is 65.0 Å². The number of nitrogens with one attached hydrogen (secondary N) is 1. The van der Waals surface area contributed by atoms with Crippen molar-refractivity contribution < 1.29 is 14.2 Å². The summed E-state index contributed by atoms with van der Waals surface area (Å²) in [6.45, 7) is 4.08. The standard InChI is InChI=1S/C19H31N3O3/c1-20-19(22(2)11-7-16-8-12-24-13-9-16)21-10-14-25-18-6-4-5-17(15-18)23-3/h4-6,15-16H,7-14H2,1-3H3,(H,20,21). The molecule has 6 heteroatoms. The molecule has 1 aliphatic heterocycles. The molecule has 0 spiro atoms. The van der Waals surface area contributed by atoms with Crippen LogP contribution in [-0.2, 0) is 4.74 Å². The lowest BCUT2D eigenvalue weighted by Crippen LogP contribution is -2.41. The maximum atomic E-state index is 5.75. The maximum Gasteiger partial charge on any atom is 0.193 e. The smallest absolute Gasteiger partial charge is 0.193 e. The first-order chi connectivity index (χ1) is 12.2. The Labute approximate surface area is 151 Å². The molecule has 0 bridgehead atoms. The topological polar surface area (TPSA) is 55.3 Å². The SMILES string of the molecule is CN=C(NCCOc1cccc(OC)c1)N(C)CCC1CCOCC1. The molecule has 1 aromatic rings. The number of aliphatic imine (C=N–C) groups is 1. The Morgan fingerprint density at radius 1 is 1.32 bits per heavy atom. The second-order valence-corrected chi connectivity index (χ2v) is 6.27. The Morgan fingerprint density at radius 3 is 2.80 bits per heavy atom. The lowest BCUT2D eigenvalue weighted by Gasteiger charge is -2.26. The minimum atomic E-state index is 0.569. The molecule has 0 unspecified atom stereocenters. The Morgan fingerprint density at radius 2 is 2.08 bits per heavy atom. The Balaban J connectivity index is 1.66. The monoisotopic (exact) mass is 349 g/mol. The van der Waals surface area contributed by atoms with Gasteiger partial charge in [0.25, 0.3) is 0 Å². The van der Waals surface area contributed by atoms with E-state index in [1.807, 2.05) is 31.3 Å². The van der Waals surface area contributed by atoms with Crippen LogP contribution in [0, 0.1) is 5.92 Å². The highest BCUT2D eigenvalue weighted by atomic mass is 16.5. The number of rotatable bonds is 8. The van der Waals surface area contributed by atoms with Crippen LogP contribution in [0.4, 0.5) is 0 Å². The summed E-state index contributed by atoms with van der Waals surface area (Å²) >= 11 is 0. The Hall–Kier alpha value is -1.95. The molecule has 2 rings (SSSR count). The molecule has 25 heavy (non-hydrogen) atoms. The highest BCUT2D eigenvalue weighted by Gasteiger charge is 2.15. The second kappa shape index (κ2) is 10.8. The van der Waals surface area contributed by atoms with Gasteiger partial charge < -0.3 is 24.4 Å². The van der Waals surface area contributed by atoms with Crippen molar-refractivity contribution in [1.82, 2.24) is 10.2 Å². The van der Waals surface area contributed by atoms with Crippen LogP contribution in [0.5, 0.6) is 11.5 Å². The minimum Gasteiger partial charge on any atom is -0.497 e. The second-order valence-electron chi connectivity index (χ2n) is 6.27. The van der Waals surface area contributed by atoms with E-state index in [2.05, 4.69) is 22.3 Å². The molecule has 1 N–H and O–H groups in total. The number of nitrogens with zero attached hydrogens (tertiary/aromatic N) is 2. The van der Waals surface area contributed by atoms with Crippen LogP contribution in [0.2, 0.25) is 0 Å². The molecule has 0 atom stereocenters. The van der Waals surface area contributed by atoms with Gasteiger partial charge in [-0.1, -0.05) is 6.07 Å². The third kappa shape index (κ3) is 6.82. The number of guanidine groups is 1. The van der Waals surface area contributed by atoms with Gasteiger partial charge in [0.15, 0.2) is 5.96 Å². The van der Waals surface area contributed by atoms with E-state index in [0.29, 0.717) is 13.2 Å². The van der Waals surface area contributed by atoms with E-state index >= 15 is 0 Å². The average molecular weight is 349 g/mol. The van der Waals surface area contributed by atoms with E-state index in [-0.39, 0.29) is 0 Å². The van der Waals surface area contributed by atoms with Crippen LogP contribution >= 0.6 is 0 Å². The fourth-order valence-electron chi connectivity index (χ4n) is 2.92. The number of benzene rings is 1. The van der Waals surface area contributed by atoms with Crippen molar-refractivity contribution in [2.24, 2.45) is 10.9 Å². The van der Waals surface area contributed by atoms with Crippen LogP contribution < -0.4 is 14.8 Å². The molecule has 1 saturated heterocycles. The average Bonchev–Trinajstić information content (AvgIpc) is 2.67. The van der Waals surface area contributed by atoms with E-state index in [1.54, 1.807) is 7.11 Å². The summed E-state index contributed by atoms with van der Waals surface area (Å²) in [6, 6.07) is 7.64. The van der Waals surface area contributed by atoms with Gasteiger partial charge in [-0.25, -0.2) is 0 Å². The molecule has 140 valence electrons. The van der Waals surface area contributed by atoms with Crippen molar-refractivity contribution in [1.29, 1.82) is 0 Å². The van der Waals surface area contributed by atoms with E-state index in [0.717, 1.165) is 43.1 Å². The van der Waals surface area contributed by atoms with E-state index in [1.165, 1.54) is 19.3 Å². The summed E-state index contributed by atoms with van der Waals surface area (Å²) in [5, 5.41) is 3.35. The molecule has 6 nitrogen and oxygen atoms in total. The molecule has 0 aromatic heterocycles. The molecule has 0 saturated carbocycles. The van der Waals surface area contributed by atoms with E-state index < -0.39 is 0 Å². The summed E-state index contributed by atoms with van der Waals surface area (Å²) < 4.78 is 16.4. The van der Waals surface area contributed by atoms with Gasteiger partial charge in [0.1, 0.15) is 18.1 Å². The molecule has 0 radical (unpaired) electrons. The molecular formula is C19H31N3O3. The first-order valence-electron chi connectivity index (χ1n) is 8.99. The molecule has 0 amide bonds. The molecule has 1 aliphatic rings. The third-order valence-corrected chi connectivity index (χ3v) is 4.48. The Bertz CT molecular complexity index is 530. The number of hydrogen-bond acceptors (Lipinski definition) is 4. The predicted molar refractivity (Wildman–Crippen MR) is 101 cm³/mol. The zero-order chi connectivity index (χ0) is 17.9. The zero-order valence-electron chi connectivity index (χ0n) is 15.7. The van der Waals surface area contributed by atoms with Crippen molar-refractivity contribution in [2.75, 3.05) is 54.1 Å². The highest BCUT2D eigenvalue weighted by Crippen LogP contribution is 2.19. The number of methoxy groups -OCH3 is 1. The van der Waals surface area contributed by atoms with Crippen molar-refractivity contribution >= 4 is 5.96 Å². The molecule has 1 fully saturated rings. The van der Waals surface area contributed by atoms with Gasteiger partial charge in [-0.2, -0.15) is 0 Å². The van der Waals surface area contributed by atoms with Crippen LogP contribution in [0.1, 0.15) is 19.3 Å². The highest BCUT2D eigenvalue weighted by molar-refractivity contribution is 5.79. The molecular weight excluding hydrogens is 318 g/mol. The Kier molecular flexibility index (Phi) is 8.39. The lowest BCUT2D eigenvalue weighted by atomic mass is 9.96. The number of ether oxygens (including phenoxy) is 3. The summed E-state index contributed by atoms with van der Waals surface area (Å²) in [5.74, 6) is 3.28. The van der Waals surface area contributed by atoms with Crippen molar-refractivity contribution in [3.8, 4) is 11.5 Å². The largest absolute Gasteiger partial charge is 0.497 e. The lowest BCUT2D eigenvalue weighted by molar-refractivity contribution is 0.0625. The summed E-state index contributed by atoms with van der Waals surface area (Å²) in [7, 11) is 5.55. The van der Waals surface area contributed by atoms with Gasteiger partial charge in [-0.15, -0.1) is 0 Å². The van der Waals surface area contributed by atoms with Crippen LogP contribution in [0.3, 0.4) is 0 Å². The predicted octanol–water partition coefficient (Wildman–Crippen LogP) is 2.40. The van der Waals surface area contributed by atoms with Crippen molar-refractivity contribution in [3.05, 3.63) is 24.3 Å². The van der Waals surface area contributed by atoms with Crippen molar-refractivity contribution in [3.63, 3.8) is 0 Å². The van der Waals surface area contributed by atoms with Gasteiger partial charge in [0.05, 0.1) is 13.7 Å².